The summed E-state index contributed by atoms with van der Waals surface area (Å²) in [5.41, 5.74) is 0.893. The van der Waals surface area contributed by atoms with Crippen molar-refractivity contribution in [1.82, 2.24) is 10.3 Å². The van der Waals surface area contributed by atoms with Crippen molar-refractivity contribution >= 4 is 15.9 Å². The number of pyridine rings is 1. The van der Waals surface area contributed by atoms with Gasteiger partial charge in [0.25, 0.3) is 0 Å². The van der Waals surface area contributed by atoms with Gasteiger partial charge in [0.2, 0.25) is 5.88 Å². The van der Waals surface area contributed by atoms with Crippen LogP contribution in [0, 0.1) is 5.82 Å². The van der Waals surface area contributed by atoms with Gasteiger partial charge in [0, 0.05) is 38.0 Å². The number of nitrogens with one attached hydrogen (secondary N) is 1. The molecule has 0 bridgehead atoms. The first kappa shape index (κ1) is 15.9. The van der Waals surface area contributed by atoms with Gasteiger partial charge in [-0.1, -0.05) is 6.07 Å². The van der Waals surface area contributed by atoms with Crippen LogP contribution in [0.15, 0.2) is 41.0 Å². The molecule has 0 amide bonds. The second-order valence-corrected chi connectivity index (χ2v) is 5.17. The Labute approximate surface area is 131 Å². The van der Waals surface area contributed by atoms with Crippen molar-refractivity contribution in [3.63, 3.8) is 0 Å². The monoisotopic (exact) mass is 354 g/mol. The zero-order valence-electron chi connectivity index (χ0n) is 11.6. The maximum Gasteiger partial charge on any atom is 0.223 e. The minimum absolute atomic E-state index is 0.357. The normalized spacial score (nSPS) is 10.6. The number of aromatic nitrogens is 1. The third-order valence-electron chi connectivity index (χ3n) is 2.75. The number of nitrogens with zero attached hydrogens (tertiary/aromatic N) is 1. The maximum atomic E-state index is 13.3. The molecule has 2 aromatic rings. The van der Waals surface area contributed by atoms with E-state index in [2.05, 4.69) is 26.2 Å². The van der Waals surface area contributed by atoms with Gasteiger partial charge in [0.15, 0.2) is 0 Å². The summed E-state index contributed by atoms with van der Waals surface area (Å²) in [4.78, 5) is 4.21. The summed E-state index contributed by atoms with van der Waals surface area (Å²) in [7, 11) is 1.65. The number of ether oxygens (including phenoxy) is 2. The number of benzene rings is 1. The highest BCUT2D eigenvalue weighted by molar-refractivity contribution is 9.10. The van der Waals surface area contributed by atoms with Crippen molar-refractivity contribution in [3.8, 4) is 11.6 Å². The Bertz CT molecular complexity index is 596. The number of halogens is 2. The van der Waals surface area contributed by atoms with E-state index < -0.39 is 0 Å². The molecule has 0 fully saturated rings. The van der Waals surface area contributed by atoms with Gasteiger partial charge >= 0.3 is 0 Å². The molecule has 0 aliphatic rings. The highest BCUT2D eigenvalue weighted by Crippen LogP contribution is 2.30. The Balaban J connectivity index is 2.10. The summed E-state index contributed by atoms with van der Waals surface area (Å²) >= 11 is 3.33. The standard InChI is InChI=1S/C15H16BrFN2O2/c1-20-8-7-18-10-11-3-2-6-19-15(11)21-14-9-12(17)4-5-13(14)16/h2-6,9,18H,7-8,10H2,1H3. The van der Waals surface area contributed by atoms with Crippen molar-refractivity contribution in [3.05, 3.63) is 52.4 Å². The number of hydrogen-bond acceptors (Lipinski definition) is 4. The quantitative estimate of drug-likeness (QED) is 0.772. The summed E-state index contributed by atoms with van der Waals surface area (Å²) in [6.07, 6.45) is 1.64. The lowest BCUT2D eigenvalue weighted by molar-refractivity contribution is 0.199. The van der Waals surface area contributed by atoms with Crippen LogP contribution in [-0.2, 0) is 11.3 Å². The topological polar surface area (TPSA) is 43.4 Å². The molecular formula is C15H16BrFN2O2. The SMILES string of the molecule is COCCNCc1cccnc1Oc1cc(F)ccc1Br. The molecule has 1 N–H and O–H groups in total. The summed E-state index contributed by atoms with van der Waals surface area (Å²) in [6, 6.07) is 8.03. The summed E-state index contributed by atoms with van der Waals surface area (Å²) < 4.78 is 24.7. The molecule has 1 heterocycles. The van der Waals surface area contributed by atoms with Crippen LogP contribution < -0.4 is 10.1 Å². The first-order valence-corrected chi connectivity index (χ1v) is 7.26. The largest absolute Gasteiger partial charge is 0.437 e. The fraction of sp³-hybridized carbons (Fsp3) is 0.267. The molecular weight excluding hydrogens is 339 g/mol. The minimum Gasteiger partial charge on any atom is -0.437 e. The predicted molar refractivity (Wildman–Crippen MR) is 82.0 cm³/mol. The number of methoxy groups -OCH3 is 1. The van der Waals surface area contributed by atoms with E-state index in [1.165, 1.54) is 12.1 Å². The fourth-order valence-electron chi connectivity index (χ4n) is 1.71. The number of hydrogen-bond donors (Lipinski definition) is 1. The Morgan fingerprint density at radius 2 is 2.19 bits per heavy atom. The molecule has 6 heteroatoms. The van der Waals surface area contributed by atoms with Crippen molar-refractivity contribution < 1.29 is 13.9 Å². The van der Waals surface area contributed by atoms with E-state index in [4.69, 9.17) is 9.47 Å². The maximum absolute atomic E-state index is 13.3. The Morgan fingerprint density at radius 1 is 1.33 bits per heavy atom. The van der Waals surface area contributed by atoms with Crippen molar-refractivity contribution in [1.29, 1.82) is 0 Å². The van der Waals surface area contributed by atoms with Gasteiger partial charge in [0.1, 0.15) is 11.6 Å². The molecule has 0 aliphatic carbocycles. The molecule has 0 spiro atoms. The Hall–Kier alpha value is -1.50. The molecule has 1 aromatic heterocycles. The molecule has 0 radical (unpaired) electrons. The molecule has 0 atom stereocenters. The molecule has 4 nitrogen and oxygen atoms in total. The van der Waals surface area contributed by atoms with Crippen LogP contribution in [-0.4, -0.2) is 25.2 Å². The van der Waals surface area contributed by atoms with Crippen LogP contribution in [0.4, 0.5) is 4.39 Å². The Kier molecular flexibility index (Phi) is 6.10. The van der Waals surface area contributed by atoms with Gasteiger partial charge in [0.05, 0.1) is 11.1 Å². The van der Waals surface area contributed by atoms with Gasteiger partial charge in [-0.2, -0.15) is 0 Å². The van der Waals surface area contributed by atoms with Gasteiger partial charge in [-0.15, -0.1) is 0 Å². The van der Waals surface area contributed by atoms with Gasteiger partial charge < -0.3 is 14.8 Å². The van der Waals surface area contributed by atoms with Gasteiger partial charge in [-0.3, -0.25) is 0 Å². The molecule has 0 saturated heterocycles. The second-order valence-electron chi connectivity index (χ2n) is 4.31. The minimum atomic E-state index is -0.357. The van der Waals surface area contributed by atoms with E-state index in [1.807, 2.05) is 12.1 Å². The van der Waals surface area contributed by atoms with Crippen LogP contribution >= 0.6 is 15.9 Å². The zero-order chi connectivity index (χ0) is 15.1. The van der Waals surface area contributed by atoms with Crippen LogP contribution in [0.5, 0.6) is 11.6 Å². The van der Waals surface area contributed by atoms with Crippen molar-refractivity contribution in [2.24, 2.45) is 0 Å². The van der Waals surface area contributed by atoms with E-state index >= 15 is 0 Å². The van der Waals surface area contributed by atoms with E-state index in [1.54, 1.807) is 19.4 Å². The first-order valence-electron chi connectivity index (χ1n) is 6.47. The van der Waals surface area contributed by atoms with Crippen LogP contribution in [0.1, 0.15) is 5.56 Å². The first-order chi connectivity index (χ1) is 10.2. The number of rotatable bonds is 7. The molecule has 0 aliphatic heterocycles. The lowest BCUT2D eigenvalue weighted by Gasteiger charge is -2.11. The van der Waals surface area contributed by atoms with E-state index in [0.29, 0.717) is 29.3 Å². The fourth-order valence-corrected chi connectivity index (χ4v) is 2.03. The van der Waals surface area contributed by atoms with E-state index in [-0.39, 0.29) is 5.82 Å². The molecule has 0 saturated carbocycles. The molecule has 21 heavy (non-hydrogen) atoms. The average Bonchev–Trinajstić information content (AvgIpc) is 2.49. The third kappa shape index (κ3) is 4.77. The molecule has 112 valence electrons. The van der Waals surface area contributed by atoms with Crippen molar-refractivity contribution in [2.75, 3.05) is 20.3 Å². The van der Waals surface area contributed by atoms with Crippen LogP contribution in [0.2, 0.25) is 0 Å². The lowest BCUT2D eigenvalue weighted by atomic mass is 10.2. The average molecular weight is 355 g/mol. The Morgan fingerprint density at radius 3 is 3.00 bits per heavy atom. The molecule has 2 rings (SSSR count). The molecule has 0 unspecified atom stereocenters. The summed E-state index contributed by atoms with van der Waals surface area (Å²) in [5.74, 6) is 0.490. The van der Waals surface area contributed by atoms with Gasteiger partial charge in [-0.25, -0.2) is 9.37 Å². The van der Waals surface area contributed by atoms with Gasteiger partial charge in [-0.05, 0) is 34.1 Å². The van der Waals surface area contributed by atoms with Crippen LogP contribution in [0.3, 0.4) is 0 Å². The highest BCUT2D eigenvalue weighted by atomic mass is 79.9. The highest BCUT2D eigenvalue weighted by Gasteiger charge is 2.09. The summed E-state index contributed by atoms with van der Waals surface area (Å²) in [5, 5.41) is 3.22. The summed E-state index contributed by atoms with van der Waals surface area (Å²) in [6.45, 7) is 1.96. The van der Waals surface area contributed by atoms with Crippen molar-refractivity contribution in [2.45, 2.75) is 6.54 Å². The second kappa shape index (κ2) is 8.07. The molecule has 1 aromatic carbocycles. The predicted octanol–water partition coefficient (Wildman–Crippen LogP) is 3.51. The van der Waals surface area contributed by atoms with E-state index in [9.17, 15) is 4.39 Å². The van der Waals surface area contributed by atoms with Crippen LogP contribution in [0.25, 0.3) is 0 Å². The van der Waals surface area contributed by atoms with E-state index in [0.717, 1.165) is 12.1 Å². The lowest BCUT2D eigenvalue weighted by Crippen LogP contribution is -2.19. The zero-order valence-corrected chi connectivity index (χ0v) is 13.2. The third-order valence-corrected chi connectivity index (χ3v) is 3.40. The smallest absolute Gasteiger partial charge is 0.223 e.